The van der Waals surface area contributed by atoms with Crippen LogP contribution in [-0.2, 0) is 0 Å². The van der Waals surface area contributed by atoms with Gasteiger partial charge in [-0.2, -0.15) is 5.10 Å². The Hall–Kier alpha value is -3.69. The van der Waals surface area contributed by atoms with E-state index in [0.717, 1.165) is 16.0 Å². The number of benzene rings is 3. The highest BCUT2D eigenvalue weighted by Gasteiger charge is 2.11. The summed E-state index contributed by atoms with van der Waals surface area (Å²) in [5.41, 5.74) is 4.19. The lowest BCUT2D eigenvalue weighted by Gasteiger charge is -2.10. The van der Waals surface area contributed by atoms with Crippen LogP contribution in [0.2, 0.25) is 5.02 Å². The van der Waals surface area contributed by atoms with E-state index in [2.05, 4.69) is 15.5 Å². The fourth-order valence-corrected chi connectivity index (χ4v) is 3.86. The van der Waals surface area contributed by atoms with Gasteiger partial charge in [0.25, 0.3) is 5.69 Å². The average Bonchev–Trinajstić information content (AvgIpc) is 3.23. The number of hydrogen-bond acceptors (Lipinski definition) is 8. The van der Waals surface area contributed by atoms with Gasteiger partial charge < -0.3 is 9.47 Å². The number of nitro groups is 1. The molecule has 10 heteroatoms. The van der Waals surface area contributed by atoms with Crippen molar-refractivity contribution in [3.8, 4) is 11.5 Å². The first-order chi connectivity index (χ1) is 16.1. The zero-order valence-electron chi connectivity index (χ0n) is 17.3. The SMILES string of the molecule is O=[N+]([O-])c1ccc(OCCCOc2ccc(Cl)cc2)c(C=NNc2nc3ccccc3s2)c1. The van der Waals surface area contributed by atoms with Gasteiger partial charge in [-0.1, -0.05) is 35.1 Å². The second-order valence-corrected chi connectivity index (χ2v) is 8.31. The molecular weight excluding hydrogens is 464 g/mol. The highest BCUT2D eigenvalue weighted by molar-refractivity contribution is 7.22. The van der Waals surface area contributed by atoms with Gasteiger partial charge >= 0.3 is 0 Å². The molecule has 0 bridgehead atoms. The molecule has 1 N–H and O–H groups in total. The minimum atomic E-state index is -0.456. The molecule has 33 heavy (non-hydrogen) atoms. The van der Waals surface area contributed by atoms with Gasteiger partial charge in [0, 0.05) is 29.1 Å². The number of ether oxygens (including phenoxy) is 2. The maximum Gasteiger partial charge on any atom is 0.270 e. The molecule has 1 aromatic heterocycles. The van der Waals surface area contributed by atoms with Crippen molar-refractivity contribution in [2.24, 2.45) is 5.10 Å². The number of anilines is 1. The smallest absolute Gasteiger partial charge is 0.270 e. The van der Waals surface area contributed by atoms with Gasteiger partial charge in [-0.05, 0) is 42.5 Å². The molecule has 0 aliphatic rings. The molecular formula is C23H19ClN4O4S. The van der Waals surface area contributed by atoms with E-state index in [1.54, 1.807) is 30.3 Å². The average molecular weight is 483 g/mol. The molecule has 0 spiro atoms. The quantitative estimate of drug-likeness (QED) is 0.126. The number of hydrogen-bond donors (Lipinski definition) is 1. The molecule has 0 unspecified atom stereocenters. The van der Waals surface area contributed by atoms with Gasteiger partial charge in [0.2, 0.25) is 5.13 Å². The van der Waals surface area contributed by atoms with E-state index < -0.39 is 4.92 Å². The molecule has 0 radical (unpaired) electrons. The predicted molar refractivity (Wildman–Crippen MR) is 131 cm³/mol. The topological polar surface area (TPSA) is 98.9 Å². The zero-order valence-corrected chi connectivity index (χ0v) is 18.9. The van der Waals surface area contributed by atoms with Crippen LogP contribution in [0, 0.1) is 10.1 Å². The Morgan fingerprint density at radius 2 is 1.88 bits per heavy atom. The molecule has 0 aliphatic heterocycles. The Kier molecular flexibility index (Phi) is 7.33. The summed E-state index contributed by atoms with van der Waals surface area (Å²) in [5.74, 6) is 1.21. The Morgan fingerprint density at radius 3 is 2.67 bits per heavy atom. The van der Waals surface area contributed by atoms with E-state index in [9.17, 15) is 10.1 Å². The van der Waals surface area contributed by atoms with E-state index in [0.29, 0.717) is 41.1 Å². The normalized spacial score (nSPS) is 11.1. The van der Waals surface area contributed by atoms with Crippen LogP contribution in [0.5, 0.6) is 11.5 Å². The number of nitrogens with zero attached hydrogens (tertiary/aromatic N) is 3. The molecule has 3 aromatic carbocycles. The van der Waals surface area contributed by atoms with Crippen LogP contribution in [-0.4, -0.2) is 29.3 Å². The summed E-state index contributed by atoms with van der Waals surface area (Å²) in [6.45, 7) is 0.828. The van der Waals surface area contributed by atoms with E-state index in [-0.39, 0.29) is 5.69 Å². The van der Waals surface area contributed by atoms with Crippen molar-refractivity contribution >= 4 is 50.2 Å². The van der Waals surface area contributed by atoms with Crippen molar-refractivity contribution < 1.29 is 14.4 Å². The Balaban J connectivity index is 1.37. The van der Waals surface area contributed by atoms with Gasteiger partial charge in [0.1, 0.15) is 11.5 Å². The highest BCUT2D eigenvalue weighted by Crippen LogP contribution is 2.26. The van der Waals surface area contributed by atoms with Crippen LogP contribution in [0.4, 0.5) is 10.8 Å². The molecule has 0 saturated heterocycles. The fraction of sp³-hybridized carbons (Fsp3) is 0.130. The summed E-state index contributed by atoms with van der Waals surface area (Å²) in [6.07, 6.45) is 2.11. The number of non-ortho nitro benzene ring substituents is 1. The van der Waals surface area contributed by atoms with Crippen LogP contribution in [0.1, 0.15) is 12.0 Å². The van der Waals surface area contributed by atoms with Crippen molar-refractivity contribution in [3.05, 3.63) is 87.4 Å². The number of rotatable bonds is 10. The van der Waals surface area contributed by atoms with Crippen LogP contribution in [0.15, 0.2) is 71.8 Å². The predicted octanol–water partition coefficient (Wildman–Crippen LogP) is 6.15. The van der Waals surface area contributed by atoms with Crippen molar-refractivity contribution in [1.29, 1.82) is 0 Å². The van der Waals surface area contributed by atoms with Crippen LogP contribution in [0.25, 0.3) is 10.2 Å². The third-order valence-corrected chi connectivity index (χ3v) is 5.68. The monoisotopic (exact) mass is 482 g/mol. The molecule has 0 amide bonds. The molecule has 0 fully saturated rings. The lowest BCUT2D eigenvalue weighted by molar-refractivity contribution is -0.384. The summed E-state index contributed by atoms with van der Waals surface area (Å²) in [5, 5.41) is 16.7. The lowest BCUT2D eigenvalue weighted by atomic mass is 10.2. The van der Waals surface area contributed by atoms with E-state index in [1.807, 2.05) is 24.3 Å². The van der Waals surface area contributed by atoms with Crippen LogP contribution < -0.4 is 14.9 Å². The second-order valence-electron chi connectivity index (χ2n) is 6.84. The van der Waals surface area contributed by atoms with E-state index >= 15 is 0 Å². The summed E-state index contributed by atoms with van der Waals surface area (Å²) < 4.78 is 12.5. The van der Waals surface area contributed by atoms with Crippen LogP contribution in [0.3, 0.4) is 0 Å². The van der Waals surface area contributed by atoms with Gasteiger partial charge in [-0.25, -0.2) is 4.98 Å². The maximum absolute atomic E-state index is 11.2. The number of nitrogens with one attached hydrogen (secondary N) is 1. The third kappa shape index (κ3) is 6.18. The molecule has 168 valence electrons. The summed E-state index contributed by atoms with van der Waals surface area (Å²) in [4.78, 5) is 15.2. The van der Waals surface area contributed by atoms with Crippen molar-refractivity contribution in [3.63, 3.8) is 0 Å². The standard InChI is InChI=1S/C23H19ClN4O4S/c24-17-6-9-19(10-7-17)31-12-3-13-32-21-11-8-18(28(29)30)14-16(21)15-25-27-23-26-20-4-1-2-5-22(20)33-23/h1-2,4-11,14-15H,3,12-13H2,(H,26,27). The molecule has 4 rings (SSSR count). The number of thiazole rings is 1. The molecule has 8 nitrogen and oxygen atoms in total. The molecule has 1 heterocycles. The van der Waals surface area contributed by atoms with Gasteiger partial charge in [-0.3, -0.25) is 15.5 Å². The number of aromatic nitrogens is 1. The Bertz CT molecular complexity index is 1240. The van der Waals surface area contributed by atoms with E-state index in [1.165, 1.54) is 29.7 Å². The minimum absolute atomic E-state index is 0.0464. The lowest BCUT2D eigenvalue weighted by Crippen LogP contribution is -2.06. The Labute approximate surface area is 198 Å². The first-order valence-corrected chi connectivity index (χ1v) is 11.2. The Morgan fingerprint density at radius 1 is 1.09 bits per heavy atom. The third-order valence-electron chi connectivity index (χ3n) is 4.49. The second kappa shape index (κ2) is 10.8. The fourth-order valence-electron chi connectivity index (χ4n) is 2.92. The number of hydrazone groups is 1. The molecule has 0 saturated carbocycles. The van der Waals surface area contributed by atoms with Crippen LogP contribution >= 0.6 is 22.9 Å². The number of fused-ring (bicyclic) bond motifs is 1. The summed E-state index contributed by atoms with van der Waals surface area (Å²) >= 11 is 7.33. The molecule has 0 aliphatic carbocycles. The first kappa shape index (κ1) is 22.5. The summed E-state index contributed by atoms with van der Waals surface area (Å²) in [6, 6.07) is 19.3. The van der Waals surface area contributed by atoms with Gasteiger partial charge in [0.15, 0.2) is 0 Å². The largest absolute Gasteiger partial charge is 0.493 e. The number of halogens is 1. The molecule has 4 aromatic rings. The maximum atomic E-state index is 11.2. The number of nitro benzene ring substituents is 1. The van der Waals surface area contributed by atoms with Crippen molar-refractivity contribution in [2.45, 2.75) is 6.42 Å². The van der Waals surface area contributed by atoms with Crippen molar-refractivity contribution in [1.82, 2.24) is 4.98 Å². The highest BCUT2D eigenvalue weighted by atomic mass is 35.5. The van der Waals surface area contributed by atoms with Gasteiger partial charge in [0.05, 0.1) is 34.6 Å². The first-order valence-electron chi connectivity index (χ1n) is 10.0. The minimum Gasteiger partial charge on any atom is -0.493 e. The molecule has 0 atom stereocenters. The zero-order chi connectivity index (χ0) is 23.0. The van der Waals surface area contributed by atoms with Gasteiger partial charge in [-0.15, -0.1) is 0 Å². The van der Waals surface area contributed by atoms with Crippen molar-refractivity contribution in [2.75, 3.05) is 18.6 Å². The summed E-state index contributed by atoms with van der Waals surface area (Å²) in [7, 11) is 0. The number of para-hydroxylation sites is 1. The van der Waals surface area contributed by atoms with E-state index in [4.69, 9.17) is 21.1 Å².